The molecule has 3 rings (SSSR count). The molecule has 3 aromatic rings. The number of aromatic nitrogens is 2. The molecule has 0 saturated carbocycles. The Kier molecular flexibility index (Phi) is 4.73. The van der Waals surface area contributed by atoms with Gasteiger partial charge in [-0.3, -0.25) is 4.79 Å². The third-order valence-electron chi connectivity index (χ3n) is 3.35. The van der Waals surface area contributed by atoms with Gasteiger partial charge in [0.05, 0.1) is 6.07 Å². The van der Waals surface area contributed by atoms with E-state index in [-0.39, 0.29) is 17.0 Å². The van der Waals surface area contributed by atoms with Crippen molar-refractivity contribution in [2.24, 2.45) is 0 Å². The molecule has 0 aliphatic carbocycles. The lowest BCUT2D eigenvalue weighted by molar-refractivity contribution is -0.159. The molecule has 0 fully saturated rings. The maximum absolute atomic E-state index is 12.5. The monoisotopic (exact) mass is 378 g/mol. The summed E-state index contributed by atoms with van der Waals surface area (Å²) >= 11 is 1.40. The Bertz CT molecular complexity index is 943. The summed E-state index contributed by atoms with van der Waals surface area (Å²) in [5.74, 6) is -2.17. The summed E-state index contributed by atoms with van der Waals surface area (Å²) in [6.45, 7) is 0. The van der Waals surface area contributed by atoms with Crippen LogP contribution in [0, 0.1) is 11.3 Å². The number of carbonyl (C=O) groups excluding carboxylic acids is 1. The van der Waals surface area contributed by atoms with Crippen LogP contribution in [0.2, 0.25) is 0 Å². The van der Waals surface area contributed by atoms with E-state index in [1.807, 2.05) is 6.07 Å². The predicted molar refractivity (Wildman–Crippen MR) is 84.9 cm³/mol. The topological polar surface area (TPSA) is 91.8 Å². The van der Waals surface area contributed by atoms with E-state index in [0.717, 1.165) is 0 Å². The molecular formula is C16H9F3N4O2S. The Labute approximate surface area is 148 Å². The van der Waals surface area contributed by atoms with Crippen LogP contribution in [0.1, 0.15) is 27.9 Å². The lowest BCUT2D eigenvalue weighted by atomic mass is 10.1. The van der Waals surface area contributed by atoms with E-state index in [0.29, 0.717) is 5.56 Å². The van der Waals surface area contributed by atoms with Crippen molar-refractivity contribution in [3.05, 3.63) is 58.1 Å². The zero-order valence-electron chi connectivity index (χ0n) is 12.8. The lowest BCUT2D eigenvalue weighted by Crippen LogP contribution is -2.27. The number of nitriles is 1. The third kappa shape index (κ3) is 3.73. The van der Waals surface area contributed by atoms with E-state index < -0.39 is 24.0 Å². The number of nitrogens with one attached hydrogen (secondary N) is 1. The van der Waals surface area contributed by atoms with E-state index in [9.17, 15) is 23.2 Å². The number of halogens is 3. The molecule has 6 nitrogen and oxygen atoms in total. The molecule has 1 unspecified atom stereocenters. The molecule has 1 aromatic carbocycles. The first kappa shape index (κ1) is 17.6. The first-order valence-electron chi connectivity index (χ1n) is 7.12. The fourth-order valence-electron chi connectivity index (χ4n) is 2.07. The molecule has 10 heteroatoms. The van der Waals surface area contributed by atoms with Crippen molar-refractivity contribution >= 4 is 17.2 Å². The SMILES string of the molecule is N#CC(NC(=O)c1ccc(-c2noc(C(F)(F)F)n2)cc1)c1ccsc1. The second-order valence-electron chi connectivity index (χ2n) is 5.09. The number of benzene rings is 1. The standard InChI is InChI=1S/C16H9F3N4O2S/c17-16(18,19)15-22-13(23-25-15)9-1-3-10(4-2-9)14(24)21-12(7-20)11-5-6-26-8-11/h1-6,8,12H,(H,21,24). The van der Waals surface area contributed by atoms with Gasteiger partial charge in [-0.05, 0) is 34.5 Å². The van der Waals surface area contributed by atoms with Crippen LogP contribution in [0.4, 0.5) is 13.2 Å². The molecule has 2 heterocycles. The highest BCUT2D eigenvalue weighted by atomic mass is 32.1. The molecule has 26 heavy (non-hydrogen) atoms. The number of alkyl halides is 3. The zero-order valence-corrected chi connectivity index (χ0v) is 13.6. The molecule has 0 bridgehead atoms. The van der Waals surface area contributed by atoms with E-state index in [2.05, 4.69) is 20.0 Å². The maximum atomic E-state index is 12.5. The number of carbonyl (C=O) groups is 1. The Morgan fingerprint density at radius 1 is 1.27 bits per heavy atom. The van der Waals surface area contributed by atoms with Crippen molar-refractivity contribution in [2.75, 3.05) is 0 Å². The highest BCUT2D eigenvalue weighted by Crippen LogP contribution is 2.29. The van der Waals surface area contributed by atoms with Crippen LogP contribution < -0.4 is 5.32 Å². The van der Waals surface area contributed by atoms with Crippen LogP contribution in [0.5, 0.6) is 0 Å². The van der Waals surface area contributed by atoms with Gasteiger partial charge < -0.3 is 9.84 Å². The van der Waals surface area contributed by atoms with Gasteiger partial charge in [0.2, 0.25) is 5.82 Å². The van der Waals surface area contributed by atoms with Gasteiger partial charge >= 0.3 is 12.1 Å². The number of rotatable bonds is 4. The number of amides is 1. The van der Waals surface area contributed by atoms with Crippen LogP contribution in [-0.4, -0.2) is 16.0 Å². The van der Waals surface area contributed by atoms with E-state index in [1.165, 1.54) is 35.6 Å². The van der Waals surface area contributed by atoms with Gasteiger partial charge in [-0.25, -0.2) is 0 Å². The minimum Gasteiger partial charge on any atom is -0.332 e. The molecule has 0 radical (unpaired) electrons. The van der Waals surface area contributed by atoms with Crippen LogP contribution >= 0.6 is 11.3 Å². The highest BCUT2D eigenvalue weighted by molar-refractivity contribution is 7.08. The molecule has 1 atom stereocenters. The quantitative estimate of drug-likeness (QED) is 0.745. The summed E-state index contributed by atoms with van der Waals surface area (Å²) in [7, 11) is 0. The molecular weight excluding hydrogens is 369 g/mol. The largest absolute Gasteiger partial charge is 0.471 e. The summed E-state index contributed by atoms with van der Waals surface area (Å²) in [5.41, 5.74) is 1.17. The van der Waals surface area contributed by atoms with Crippen molar-refractivity contribution in [1.82, 2.24) is 15.5 Å². The lowest BCUT2D eigenvalue weighted by Gasteiger charge is -2.10. The molecule has 0 saturated heterocycles. The fraction of sp³-hybridized carbons (Fsp3) is 0.125. The number of hydrogen-bond acceptors (Lipinski definition) is 6. The van der Waals surface area contributed by atoms with Crippen molar-refractivity contribution in [3.63, 3.8) is 0 Å². The molecule has 132 valence electrons. The summed E-state index contributed by atoms with van der Waals surface area (Å²) < 4.78 is 41.6. The summed E-state index contributed by atoms with van der Waals surface area (Å²) in [6, 6.07) is 8.52. The van der Waals surface area contributed by atoms with Crippen LogP contribution in [0.3, 0.4) is 0 Å². The Morgan fingerprint density at radius 2 is 2.00 bits per heavy atom. The molecule has 1 amide bonds. The molecule has 0 spiro atoms. The number of thiophene rings is 1. The molecule has 0 aliphatic rings. The van der Waals surface area contributed by atoms with Gasteiger partial charge in [-0.15, -0.1) is 0 Å². The molecule has 0 aliphatic heterocycles. The van der Waals surface area contributed by atoms with Crippen LogP contribution in [-0.2, 0) is 6.18 Å². The molecule has 2 aromatic heterocycles. The van der Waals surface area contributed by atoms with Gasteiger partial charge in [0.25, 0.3) is 5.91 Å². The number of nitrogens with zero attached hydrogens (tertiary/aromatic N) is 3. The zero-order chi connectivity index (χ0) is 18.7. The summed E-state index contributed by atoms with van der Waals surface area (Å²) in [5, 5.41) is 18.6. The normalized spacial score (nSPS) is 12.4. The van der Waals surface area contributed by atoms with Crippen LogP contribution in [0.25, 0.3) is 11.4 Å². The van der Waals surface area contributed by atoms with Gasteiger partial charge in [0.15, 0.2) is 0 Å². The average molecular weight is 378 g/mol. The summed E-state index contributed by atoms with van der Waals surface area (Å²) in [4.78, 5) is 15.5. The van der Waals surface area contributed by atoms with Gasteiger partial charge in [-0.2, -0.15) is 34.8 Å². The predicted octanol–water partition coefficient (Wildman–Crippen LogP) is 3.81. The van der Waals surface area contributed by atoms with Crippen molar-refractivity contribution < 1.29 is 22.5 Å². The fourth-order valence-corrected chi connectivity index (χ4v) is 2.76. The first-order valence-corrected chi connectivity index (χ1v) is 8.06. The third-order valence-corrected chi connectivity index (χ3v) is 4.06. The van der Waals surface area contributed by atoms with Crippen molar-refractivity contribution in [2.45, 2.75) is 12.2 Å². The highest BCUT2D eigenvalue weighted by Gasteiger charge is 2.38. The Morgan fingerprint density at radius 3 is 2.54 bits per heavy atom. The second kappa shape index (κ2) is 6.97. The Balaban J connectivity index is 1.74. The van der Waals surface area contributed by atoms with Gasteiger partial charge in [0.1, 0.15) is 6.04 Å². The minimum absolute atomic E-state index is 0.238. The summed E-state index contributed by atoms with van der Waals surface area (Å²) in [6.07, 6.45) is -4.72. The first-order chi connectivity index (χ1) is 12.4. The van der Waals surface area contributed by atoms with E-state index in [4.69, 9.17) is 0 Å². The van der Waals surface area contributed by atoms with Crippen molar-refractivity contribution in [3.8, 4) is 17.5 Å². The minimum atomic E-state index is -4.72. The van der Waals surface area contributed by atoms with Gasteiger partial charge in [-0.1, -0.05) is 17.3 Å². The second-order valence-corrected chi connectivity index (χ2v) is 5.87. The smallest absolute Gasteiger partial charge is 0.332 e. The average Bonchev–Trinajstić information content (AvgIpc) is 3.30. The molecule has 1 N–H and O–H groups in total. The van der Waals surface area contributed by atoms with E-state index >= 15 is 0 Å². The van der Waals surface area contributed by atoms with Crippen molar-refractivity contribution in [1.29, 1.82) is 5.26 Å². The van der Waals surface area contributed by atoms with E-state index in [1.54, 1.807) is 16.8 Å². The Hall–Kier alpha value is -3.19. The maximum Gasteiger partial charge on any atom is 0.471 e. The number of hydrogen-bond donors (Lipinski definition) is 1. The van der Waals surface area contributed by atoms with Crippen LogP contribution in [0.15, 0.2) is 45.6 Å². The van der Waals surface area contributed by atoms with Gasteiger partial charge in [0, 0.05) is 11.1 Å².